The summed E-state index contributed by atoms with van der Waals surface area (Å²) in [5.74, 6) is 0.229. The van der Waals surface area contributed by atoms with E-state index in [-0.39, 0.29) is 11.9 Å². The van der Waals surface area contributed by atoms with Crippen molar-refractivity contribution in [1.29, 1.82) is 0 Å². The fourth-order valence-corrected chi connectivity index (χ4v) is 2.09. The van der Waals surface area contributed by atoms with Crippen LogP contribution >= 0.6 is 11.6 Å². The van der Waals surface area contributed by atoms with Crippen molar-refractivity contribution in [3.63, 3.8) is 0 Å². The zero-order valence-corrected chi connectivity index (χ0v) is 10.5. The molecule has 2 rings (SSSR count). The minimum absolute atomic E-state index is 0.0118. The first kappa shape index (κ1) is 12.4. The normalized spacial score (nSPS) is 23.6. The molecule has 2 unspecified atom stereocenters. The van der Waals surface area contributed by atoms with Gasteiger partial charge in [0.2, 0.25) is 0 Å². The van der Waals surface area contributed by atoms with Crippen molar-refractivity contribution in [2.45, 2.75) is 13.5 Å². The van der Waals surface area contributed by atoms with Crippen LogP contribution in [0.4, 0.5) is 0 Å². The third kappa shape index (κ3) is 3.20. The second-order valence-electron chi connectivity index (χ2n) is 4.48. The molecule has 1 fully saturated rings. The van der Waals surface area contributed by atoms with Crippen molar-refractivity contribution in [3.05, 3.63) is 34.9 Å². The standard InChI is InChI=1S/C13H16ClNO2/c1-9-6-15-7-12(9)13(16)17-8-10-2-4-11(14)5-3-10/h2-5,9,12,15H,6-8H2,1H3. The number of esters is 1. The Balaban J connectivity index is 1.85. The number of nitrogens with one attached hydrogen (secondary N) is 1. The maximum Gasteiger partial charge on any atom is 0.310 e. The average molecular weight is 254 g/mol. The van der Waals surface area contributed by atoms with E-state index in [1.165, 1.54) is 0 Å². The summed E-state index contributed by atoms with van der Waals surface area (Å²) in [6.45, 7) is 3.99. The Morgan fingerprint density at radius 1 is 1.41 bits per heavy atom. The van der Waals surface area contributed by atoms with E-state index in [0.29, 0.717) is 17.5 Å². The van der Waals surface area contributed by atoms with Gasteiger partial charge in [0.25, 0.3) is 0 Å². The monoisotopic (exact) mass is 253 g/mol. The van der Waals surface area contributed by atoms with E-state index in [4.69, 9.17) is 16.3 Å². The minimum Gasteiger partial charge on any atom is -0.461 e. The van der Waals surface area contributed by atoms with Gasteiger partial charge in [0.15, 0.2) is 0 Å². The van der Waals surface area contributed by atoms with Crippen LogP contribution in [0.5, 0.6) is 0 Å². The van der Waals surface area contributed by atoms with E-state index >= 15 is 0 Å². The Morgan fingerprint density at radius 3 is 2.71 bits per heavy atom. The number of benzene rings is 1. The van der Waals surface area contributed by atoms with E-state index in [0.717, 1.165) is 18.7 Å². The van der Waals surface area contributed by atoms with Gasteiger partial charge in [-0.25, -0.2) is 0 Å². The van der Waals surface area contributed by atoms with Crippen LogP contribution in [-0.4, -0.2) is 19.1 Å². The van der Waals surface area contributed by atoms with Gasteiger partial charge < -0.3 is 10.1 Å². The first-order valence-electron chi connectivity index (χ1n) is 5.78. The van der Waals surface area contributed by atoms with E-state index in [1.54, 1.807) is 12.1 Å². The highest BCUT2D eigenvalue weighted by Crippen LogP contribution is 2.18. The van der Waals surface area contributed by atoms with Gasteiger partial charge in [-0.2, -0.15) is 0 Å². The zero-order valence-electron chi connectivity index (χ0n) is 9.78. The molecule has 1 saturated heterocycles. The molecule has 0 spiro atoms. The Hall–Kier alpha value is -1.06. The van der Waals surface area contributed by atoms with E-state index in [9.17, 15) is 4.79 Å². The molecule has 92 valence electrons. The topological polar surface area (TPSA) is 38.3 Å². The molecule has 1 aromatic carbocycles. The van der Waals surface area contributed by atoms with E-state index in [1.807, 2.05) is 12.1 Å². The summed E-state index contributed by atoms with van der Waals surface area (Å²) in [4.78, 5) is 11.8. The second kappa shape index (κ2) is 5.52. The lowest BCUT2D eigenvalue weighted by atomic mass is 9.99. The molecule has 1 aliphatic heterocycles. The molecule has 0 aromatic heterocycles. The number of rotatable bonds is 3. The van der Waals surface area contributed by atoms with Gasteiger partial charge >= 0.3 is 5.97 Å². The summed E-state index contributed by atoms with van der Waals surface area (Å²) >= 11 is 5.78. The van der Waals surface area contributed by atoms with Gasteiger partial charge in [-0.3, -0.25) is 4.79 Å². The molecule has 17 heavy (non-hydrogen) atoms. The summed E-state index contributed by atoms with van der Waals surface area (Å²) < 4.78 is 5.30. The van der Waals surface area contributed by atoms with Crippen LogP contribution < -0.4 is 5.32 Å². The van der Waals surface area contributed by atoms with Gasteiger partial charge in [-0.15, -0.1) is 0 Å². The predicted octanol–water partition coefficient (Wildman–Crippen LogP) is 2.24. The lowest BCUT2D eigenvalue weighted by Gasteiger charge is -2.13. The van der Waals surface area contributed by atoms with Crippen molar-refractivity contribution in [2.75, 3.05) is 13.1 Å². The van der Waals surface area contributed by atoms with Crippen molar-refractivity contribution < 1.29 is 9.53 Å². The van der Waals surface area contributed by atoms with Crippen LogP contribution in [0.3, 0.4) is 0 Å². The maximum atomic E-state index is 11.8. The summed E-state index contributed by atoms with van der Waals surface area (Å²) in [5, 5.41) is 3.88. The summed E-state index contributed by atoms with van der Waals surface area (Å²) in [7, 11) is 0. The molecular formula is C13H16ClNO2. The molecular weight excluding hydrogens is 238 g/mol. The predicted molar refractivity (Wildman–Crippen MR) is 66.8 cm³/mol. The molecule has 1 aromatic rings. The molecule has 1 N–H and O–H groups in total. The molecule has 0 amide bonds. The molecule has 0 bridgehead atoms. The van der Waals surface area contributed by atoms with Crippen molar-refractivity contribution >= 4 is 17.6 Å². The van der Waals surface area contributed by atoms with Crippen molar-refractivity contribution in [1.82, 2.24) is 5.32 Å². The number of hydrogen-bond donors (Lipinski definition) is 1. The Bertz CT molecular complexity index is 391. The Labute approximate surface area is 106 Å². The van der Waals surface area contributed by atoms with Crippen LogP contribution in [0, 0.1) is 11.8 Å². The van der Waals surface area contributed by atoms with Crippen LogP contribution in [0.2, 0.25) is 5.02 Å². The fraction of sp³-hybridized carbons (Fsp3) is 0.462. The van der Waals surface area contributed by atoms with Crippen LogP contribution in [0.15, 0.2) is 24.3 Å². The van der Waals surface area contributed by atoms with Gasteiger partial charge in [0, 0.05) is 11.6 Å². The maximum absolute atomic E-state index is 11.8. The quantitative estimate of drug-likeness (QED) is 0.840. The molecule has 0 saturated carbocycles. The highest BCUT2D eigenvalue weighted by atomic mass is 35.5. The van der Waals surface area contributed by atoms with Crippen molar-refractivity contribution in [3.8, 4) is 0 Å². The number of carbonyl (C=O) groups is 1. The first-order chi connectivity index (χ1) is 8.16. The smallest absolute Gasteiger partial charge is 0.310 e. The van der Waals surface area contributed by atoms with Crippen LogP contribution in [0.1, 0.15) is 12.5 Å². The van der Waals surface area contributed by atoms with Gasteiger partial charge in [0.05, 0.1) is 5.92 Å². The molecule has 1 aliphatic rings. The lowest BCUT2D eigenvalue weighted by molar-refractivity contribution is -0.150. The number of halogens is 1. The molecule has 0 aliphatic carbocycles. The third-order valence-electron chi connectivity index (χ3n) is 3.11. The minimum atomic E-state index is -0.113. The van der Waals surface area contributed by atoms with Crippen molar-refractivity contribution in [2.24, 2.45) is 11.8 Å². The molecule has 2 atom stereocenters. The summed E-state index contributed by atoms with van der Waals surface area (Å²) in [6.07, 6.45) is 0. The van der Waals surface area contributed by atoms with Gasteiger partial charge in [0.1, 0.15) is 6.61 Å². The number of hydrogen-bond acceptors (Lipinski definition) is 3. The highest BCUT2D eigenvalue weighted by molar-refractivity contribution is 6.30. The average Bonchev–Trinajstić information content (AvgIpc) is 2.74. The lowest BCUT2D eigenvalue weighted by Crippen LogP contribution is -2.23. The van der Waals surface area contributed by atoms with Gasteiger partial charge in [-0.1, -0.05) is 30.7 Å². The van der Waals surface area contributed by atoms with Crippen LogP contribution in [-0.2, 0) is 16.1 Å². The summed E-state index contributed by atoms with van der Waals surface area (Å²) in [6, 6.07) is 7.33. The van der Waals surface area contributed by atoms with E-state index < -0.39 is 0 Å². The molecule has 3 nitrogen and oxygen atoms in total. The van der Waals surface area contributed by atoms with Gasteiger partial charge in [-0.05, 0) is 30.2 Å². The van der Waals surface area contributed by atoms with Crippen LogP contribution in [0.25, 0.3) is 0 Å². The SMILES string of the molecule is CC1CNCC1C(=O)OCc1ccc(Cl)cc1. The molecule has 4 heteroatoms. The number of ether oxygens (including phenoxy) is 1. The zero-order chi connectivity index (χ0) is 12.3. The third-order valence-corrected chi connectivity index (χ3v) is 3.37. The largest absolute Gasteiger partial charge is 0.461 e. The van der Waals surface area contributed by atoms with E-state index in [2.05, 4.69) is 12.2 Å². The molecule has 0 radical (unpaired) electrons. The Kier molecular flexibility index (Phi) is 4.02. The molecule has 1 heterocycles. The Morgan fingerprint density at radius 2 is 2.12 bits per heavy atom. The summed E-state index contributed by atoms with van der Waals surface area (Å²) in [5.41, 5.74) is 0.960. The number of carbonyl (C=O) groups excluding carboxylic acids is 1. The second-order valence-corrected chi connectivity index (χ2v) is 4.91. The first-order valence-corrected chi connectivity index (χ1v) is 6.16. The fourth-order valence-electron chi connectivity index (χ4n) is 1.97. The highest BCUT2D eigenvalue weighted by Gasteiger charge is 2.30.